The first-order valence-corrected chi connectivity index (χ1v) is 7.25. The Labute approximate surface area is 128 Å². The summed E-state index contributed by atoms with van der Waals surface area (Å²) < 4.78 is 13.6. The van der Waals surface area contributed by atoms with Gasteiger partial charge in [-0.05, 0) is 43.2 Å². The molecule has 2 aromatic rings. The van der Waals surface area contributed by atoms with Crippen LogP contribution < -0.4 is 5.32 Å². The Morgan fingerprint density at radius 3 is 2.60 bits per heavy atom. The van der Waals surface area contributed by atoms with E-state index in [-0.39, 0.29) is 11.9 Å². The molecular weight excluding hydrogens is 296 g/mol. The molecule has 1 nitrogen and oxygen atoms in total. The maximum Gasteiger partial charge on any atom is 0.128 e. The molecule has 2 rings (SSSR count). The van der Waals surface area contributed by atoms with E-state index >= 15 is 0 Å². The Morgan fingerprint density at radius 2 is 1.95 bits per heavy atom. The lowest BCUT2D eigenvalue weighted by Gasteiger charge is -2.21. The largest absolute Gasteiger partial charge is 0.378 e. The highest BCUT2D eigenvalue weighted by Crippen LogP contribution is 2.31. The highest BCUT2D eigenvalue weighted by Gasteiger charge is 2.14. The van der Waals surface area contributed by atoms with Gasteiger partial charge < -0.3 is 5.32 Å². The van der Waals surface area contributed by atoms with Gasteiger partial charge in [0.1, 0.15) is 5.82 Å². The Balaban J connectivity index is 2.31. The topological polar surface area (TPSA) is 12.0 Å². The van der Waals surface area contributed by atoms with E-state index in [0.717, 1.165) is 17.7 Å². The molecule has 0 fully saturated rings. The minimum Gasteiger partial charge on any atom is -0.378 e. The molecule has 0 aliphatic heterocycles. The van der Waals surface area contributed by atoms with Crippen molar-refractivity contribution in [1.82, 2.24) is 0 Å². The zero-order chi connectivity index (χ0) is 14.7. The average molecular weight is 312 g/mol. The van der Waals surface area contributed by atoms with E-state index < -0.39 is 0 Å². The number of benzene rings is 2. The molecule has 0 saturated heterocycles. The summed E-state index contributed by atoms with van der Waals surface area (Å²) >= 11 is 12.2. The van der Waals surface area contributed by atoms with E-state index in [2.05, 4.69) is 12.2 Å². The van der Waals surface area contributed by atoms with Crippen molar-refractivity contribution in [3.63, 3.8) is 0 Å². The second kappa shape index (κ2) is 6.47. The Morgan fingerprint density at radius 1 is 1.20 bits per heavy atom. The van der Waals surface area contributed by atoms with E-state index in [4.69, 9.17) is 23.2 Å². The van der Waals surface area contributed by atoms with Crippen molar-refractivity contribution < 1.29 is 4.39 Å². The number of hydrogen-bond donors (Lipinski definition) is 1. The summed E-state index contributed by atoms with van der Waals surface area (Å²) in [6.45, 7) is 3.81. The maximum absolute atomic E-state index is 13.6. The van der Waals surface area contributed by atoms with E-state index in [1.165, 1.54) is 6.07 Å². The Bertz CT molecular complexity index is 613. The molecular formula is C16H16Cl2FN. The number of halogens is 3. The number of nitrogens with one attached hydrogen (secondary N) is 1. The van der Waals surface area contributed by atoms with Crippen LogP contribution in [-0.4, -0.2) is 0 Å². The summed E-state index contributed by atoms with van der Waals surface area (Å²) in [6, 6.07) is 10.5. The third-order valence-corrected chi connectivity index (χ3v) is 3.91. The first kappa shape index (κ1) is 15.1. The molecule has 0 aromatic heterocycles. The molecule has 0 spiro atoms. The summed E-state index contributed by atoms with van der Waals surface area (Å²) in [5.74, 6) is -0.216. The van der Waals surface area contributed by atoms with Crippen LogP contribution in [0.5, 0.6) is 0 Å². The second-order valence-corrected chi connectivity index (χ2v) is 5.53. The second-order valence-electron chi connectivity index (χ2n) is 4.68. The maximum atomic E-state index is 13.6. The zero-order valence-electron chi connectivity index (χ0n) is 11.4. The molecule has 0 bridgehead atoms. The van der Waals surface area contributed by atoms with Gasteiger partial charge in [-0.25, -0.2) is 4.39 Å². The van der Waals surface area contributed by atoms with Crippen molar-refractivity contribution in [1.29, 1.82) is 0 Å². The summed E-state index contributed by atoms with van der Waals surface area (Å²) in [6.07, 6.45) is 0.831. The molecule has 0 amide bonds. The predicted molar refractivity (Wildman–Crippen MR) is 84.3 cm³/mol. The standard InChI is InChI=1S/C16H16Cl2FN/c1-3-15(12-8-7-11(17)9-13(12)18)20-16-6-4-5-14(19)10(16)2/h4-9,15,20H,3H2,1-2H3. The van der Waals surface area contributed by atoms with Crippen molar-refractivity contribution in [3.05, 3.63) is 63.4 Å². The lowest BCUT2D eigenvalue weighted by atomic mass is 10.0. The minimum absolute atomic E-state index is 0.0141. The van der Waals surface area contributed by atoms with Crippen LogP contribution in [0.25, 0.3) is 0 Å². The van der Waals surface area contributed by atoms with E-state index in [9.17, 15) is 4.39 Å². The van der Waals surface area contributed by atoms with Gasteiger partial charge in [-0.1, -0.05) is 42.3 Å². The number of rotatable bonds is 4. The smallest absolute Gasteiger partial charge is 0.128 e. The van der Waals surface area contributed by atoms with Gasteiger partial charge in [0.2, 0.25) is 0 Å². The molecule has 20 heavy (non-hydrogen) atoms. The van der Waals surface area contributed by atoms with Crippen LogP contribution in [-0.2, 0) is 0 Å². The normalized spacial score (nSPS) is 12.2. The van der Waals surface area contributed by atoms with Crippen LogP contribution in [0.2, 0.25) is 10.0 Å². The lowest BCUT2D eigenvalue weighted by molar-refractivity contribution is 0.618. The molecule has 2 aromatic carbocycles. The number of hydrogen-bond acceptors (Lipinski definition) is 1. The van der Waals surface area contributed by atoms with E-state index in [1.807, 2.05) is 18.2 Å². The van der Waals surface area contributed by atoms with Gasteiger partial charge in [0.15, 0.2) is 0 Å². The van der Waals surface area contributed by atoms with Crippen LogP contribution >= 0.6 is 23.2 Å². The van der Waals surface area contributed by atoms with Gasteiger partial charge in [-0.3, -0.25) is 0 Å². The van der Waals surface area contributed by atoms with Gasteiger partial charge in [-0.2, -0.15) is 0 Å². The quantitative estimate of drug-likeness (QED) is 0.729. The van der Waals surface area contributed by atoms with Crippen LogP contribution in [0.4, 0.5) is 10.1 Å². The van der Waals surface area contributed by atoms with E-state index in [0.29, 0.717) is 15.6 Å². The van der Waals surface area contributed by atoms with Crippen molar-refractivity contribution in [2.75, 3.05) is 5.32 Å². The first-order valence-electron chi connectivity index (χ1n) is 6.49. The molecule has 1 atom stereocenters. The molecule has 0 aliphatic rings. The molecule has 0 heterocycles. The third kappa shape index (κ3) is 3.25. The third-order valence-electron chi connectivity index (χ3n) is 3.34. The van der Waals surface area contributed by atoms with Crippen LogP contribution in [0.3, 0.4) is 0 Å². The van der Waals surface area contributed by atoms with Gasteiger partial charge in [0, 0.05) is 21.3 Å². The summed E-state index contributed by atoms with van der Waals surface area (Å²) in [5.41, 5.74) is 2.35. The van der Waals surface area contributed by atoms with Gasteiger partial charge in [0.25, 0.3) is 0 Å². The monoisotopic (exact) mass is 311 g/mol. The van der Waals surface area contributed by atoms with Crippen molar-refractivity contribution in [2.24, 2.45) is 0 Å². The summed E-state index contributed by atoms with van der Waals surface area (Å²) in [7, 11) is 0. The van der Waals surface area contributed by atoms with Gasteiger partial charge >= 0.3 is 0 Å². The summed E-state index contributed by atoms with van der Waals surface area (Å²) in [5, 5.41) is 4.57. The minimum atomic E-state index is -0.216. The average Bonchev–Trinajstić information content (AvgIpc) is 2.41. The Hall–Kier alpha value is -1.25. The van der Waals surface area contributed by atoms with Crippen LogP contribution in [0.1, 0.15) is 30.5 Å². The predicted octanol–water partition coefficient (Wildman–Crippen LogP) is 6.00. The highest BCUT2D eigenvalue weighted by atomic mass is 35.5. The highest BCUT2D eigenvalue weighted by molar-refractivity contribution is 6.35. The fraction of sp³-hybridized carbons (Fsp3) is 0.250. The molecule has 106 valence electrons. The fourth-order valence-corrected chi connectivity index (χ4v) is 2.68. The van der Waals surface area contributed by atoms with Crippen molar-refractivity contribution >= 4 is 28.9 Å². The van der Waals surface area contributed by atoms with Crippen molar-refractivity contribution in [3.8, 4) is 0 Å². The molecule has 0 radical (unpaired) electrons. The fourth-order valence-electron chi connectivity index (χ4n) is 2.14. The lowest BCUT2D eigenvalue weighted by Crippen LogP contribution is -2.11. The molecule has 1 N–H and O–H groups in total. The van der Waals surface area contributed by atoms with Gasteiger partial charge in [0.05, 0.1) is 6.04 Å². The SMILES string of the molecule is CCC(Nc1cccc(F)c1C)c1ccc(Cl)cc1Cl. The van der Waals surface area contributed by atoms with Crippen LogP contribution in [0, 0.1) is 12.7 Å². The van der Waals surface area contributed by atoms with Crippen LogP contribution in [0.15, 0.2) is 36.4 Å². The molecule has 0 aliphatic carbocycles. The van der Waals surface area contributed by atoms with E-state index in [1.54, 1.807) is 19.1 Å². The number of anilines is 1. The molecule has 4 heteroatoms. The van der Waals surface area contributed by atoms with Gasteiger partial charge in [-0.15, -0.1) is 0 Å². The zero-order valence-corrected chi connectivity index (χ0v) is 12.9. The Kier molecular flexibility index (Phi) is 4.90. The van der Waals surface area contributed by atoms with Crippen molar-refractivity contribution in [2.45, 2.75) is 26.3 Å². The summed E-state index contributed by atoms with van der Waals surface area (Å²) in [4.78, 5) is 0. The molecule has 1 unspecified atom stereocenters. The molecule has 0 saturated carbocycles. The first-order chi connectivity index (χ1) is 9.52.